The van der Waals surface area contributed by atoms with Crippen molar-refractivity contribution in [3.63, 3.8) is 0 Å². The minimum atomic E-state index is -1.55. The van der Waals surface area contributed by atoms with Crippen LogP contribution in [0.15, 0.2) is 74.0 Å². The second-order valence-corrected chi connectivity index (χ2v) is 25.1. The lowest BCUT2D eigenvalue weighted by Gasteiger charge is -2.45. The number of ether oxygens (including phenoxy) is 2. The first-order valence-corrected chi connectivity index (χ1v) is 29.4. The summed E-state index contributed by atoms with van der Waals surface area (Å²) in [5.74, 6) is -0.645. The lowest BCUT2D eigenvalue weighted by Crippen LogP contribution is -2.61. The number of aromatic nitrogens is 4. The Balaban J connectivity index is 1.03. The fourth-order valence-corrected chi connectivity index (χ4v) is 14.0. The van der Waals surface area contributed by atoms with Crippen LogP contribution >= 0.6 is 23.5 Å². The first-order valence-electron chi connectivity index (χ1n) is 27.0. The van der Waals surface area contributed by atoms with E-state index in [9.17, 15) is 19.2 Å². The molecule has 2 saturated carbocycles. The molecule has 2 aromatic carbocycles. The lowest BCUT2D eigenvalue weighted by atomic mass is 9.73. The number of fused-ring (bicyclic) bond motifs is 2. The largest absolute Gasteiger partial charge is 0.377 e. The number of pyridine rings is 2. The van der Waals surface area contributed by atoms with Gasteiger partial charge in [0.05, 0.1) is 55.2 Å². The molecule has 0 spiro atoms. The van der Waals surface area contributed by atoms with Crippen LogP contribution in [0.25, 0.3) is 21.8 Å². The molecule has 4 fully saturated rings. The number of para-hydroxylation sites is 1. The van der Waals surface area contributed by atoms with Gasteiger partial charge in [0.15, 0.2) is 0 Å². The Morgan fingerprint density at radius 3 is 1.71 bits per heavy atom. The summed E-state index contributed by atoms with van der Waals surface area (Å²) in [7, 11) is 0. The molecule has 10 rings (SSSR count). The Hall–Kier alpha value is -5.17. The van der Waals surface area contributed by atoms with Crippen molar-refractivity contribution < 1.29 is 23.5 Å². The van der Waals surface area contributed by atoms with Crippen molar-refractivity contribution in [2.45, 2.75) is 164 Å². The van der Waals surface area contributed by atoms with Crippen LogP contribution in [0.5, 0.6) is 0 Å². The zero-order valence-corrected chi connectivity index (χ0v) is 47.0. The maximum atomic E-state index is 17.7. The summed E-state index contributed by atoms with van der Waals surface area (Å²) in [6, 6.07) is 18.4. The zero-order chi connectivity index (χ0) is 53.7. The van der Waals surface area contributed by atoms with Gasteiger partial charge in [0.1, 0.15) is 5.67 Å². The number of H-pyrrole nitrogens is 2. The molecule has 2 aliphatic carbocycles. The number of rotatable bonds is 18. The molecule has 406 valence electrons. The molecule has 0 atom stereocenters. The Labute approximate surface area is 453 Å². The smallest absolute Gasteiger partial charge is 0.254 e. The van der Waals surface area contributed by atoms with E-state index in [1.807, 2.05) is 74.2 Å². The minimum Gasteiger partial charge on any atom is -0.377 e. The van der Waals surface area contributed by atoms with Crippen molar-refractivity contribution >= 4 is 57.1 Å². The molecule has 2 aliphatic heterocycles. The molecular formula is C59H75FN8O6S2. The number of nitrogens with zero attached hydrogens (tertiary/aromatic N) is 2. The molecule has 76 heavy (non-hydrogen) atoms. The third-order valence-corrected chi connectivity index (χ3v) is 18.5. The number of thioether (sulfide) groups is 2. The van der Waals surface area contributed by atoms with Crippen LogP contribution < -0.4 is 32.4 Å². The molecule has 6 aromatic rings. The van der Waals surface area contributed by atoms with E-state index in [0.717, 1.165) is 87.8 Å². The standard InChI is InChI=1S/C59H75FN8O6S2/c1-35-23-48(75-7)43(52(69)63-35)27-61-54(71)50-37(3)67(29-56(4)19-15-39(16-20-56)65-57(5)31-73-32-57)46-14-13-38(25-42(46)50)26-47-51(55(72)62-28-44-49(76-8)24-36(2)64-53(44)70)41-11-9-10-12-45(41)68(47)30-59(60)21-17-40(18-22-59)66-58(6)33-74-34-58/h9-14,23-25,39-40,65-66H,15-22,26-34H2,1-8H3,(H,61,71)(H,62,72)(H,63,69)(H,64,70). The van der Waals surface area contributed by atoms with E-state index >= 15 is 4.39 Å². The zero-order valence-electron chi connectivity index (χ0n) is 45.4. The highest BCUT2D eigenvalue weighted by molar-refractivity contribution is 7.98. The average Bonchev–Trinajstić information content (AvgIpc) is 3.82. The number of aromatic amines is 2. The van der Waals surface area contributed by atoms with Gasteiger partial charge in [-0.25, -0.2) is 4.39 Å². The number of nitrogens with one attached hydrogen (secondary N) is 6. The molecule has 6 N–H and O–H groups in total. The van der Waals surface area contributed by atoms with Crippen molar-refractivity contribution in [3.8, 4) is 0 Å². The monoisotopic (exact) mass is 1070 g/mol. The molecule has 2 saturated heterocycles. The van der Waals surface area contributed by atoms with Gasteiger partial charge in [-0.1, -0.05) is 31.2 Å². The predicted octanol–water partition coefficient (Wildman–Crippen LogP) is 9.15. The summed E-state index contributed by atoms with van der Waals surface area (Å²) in [5.41, 5.74) is 5.30. The molecule has 2 amide bonds. The summed E-state index contributed by atoms with van der Waals surface area (Å²) in [4.78, 5) is 63.8. The molecule has 0 unspecified atom stereocenters. The van der Waals surface area contributed by atoms with Gasteiger partial charge in [0.2, 0.25) is 0 Å². The van der Waals surface area contributed by atoms with Crippen molar-refractivity contribution in [2.75, 3.05) is 38.9 Å². The number of carbonyl (C=O) groups excluding carboxylic acids is 2. The van der Waals surface area contributed by atoms with Gasteiger partial charge in [-0.3, -0.25) is 19.2 Å². The van der Waals surface area contributed by atoms with Crippen molar-refractivity contribution in [1.82, 2.24) is 40.4 Å². The third kappa shape index (κ3) is 11.1. The Morgan fingerprint density at radius 2 is 1.18 bits per heavy atom. The molecule has 14 nitrogen and oxygen atoms in total. The van der Waals surface area contributed by atoms with Crippen LogP contribution in [0, 0.1) is 26.2 Å². The highest BCUT2D eigenvalue weighted by Gasteiger charge is 2.42. The van der Waals surface area contributed by atoms with Crippen LogP contribution in [0.1, 0.15) is 132 Å². The van der Waals surface area contributed by atoms with Crippen molar-refractivity contribution in [3.05, 3.63) is 126 Å². The van der Waals surface area contributed by atoms with Crippen molar-refractivity contribution in [1.29, 1.82) is 0 Å². The van der Waals surface area contributed by atoms with E-state index in [2.05, 4.69) is 74.8 Å². The van der Waals surface area contributed by atoms with Crippen LogP contribution in [0.3, 0.4) is 0 Å². The predicted molar refractivity (Wildman–Crippen MR) is 302 cm³/mol. The Morgan fingerprint density at radius 1 is 0.671 bits per heavy atom. The number of hydrogen-bond acceptors (Lipinski definition) is 10. The number of benzene rings is 2. The molecule has 6 heterocycles. The number of amides is 2. The molecular weight excluding hydrogens is 1000 g/mol. The van der Waals surface area contributed by atoms with Crippen LogP contribution in [-0.2, 0) is 42.1 Å². The molecule has 4 aromatic heterocycles. The van der Waals surface area contributed by atoms with Gasteiger partial charge in [0.25, 0.3) is 22.9 Å². The van der Waals surface area contributed by atoms with Gasteiger partial charge in [-0.15, -0.1) is 23.5 Å². The molecule has 4 aliphatic rings. The number of aryl methyl sites for hydroxylation is 2. The Bertz CT molecular complexity index is 3300. The first-order chi connectivity index (χ1) is 36.3. The van der Waals surface area contributed by atoms with Gasteiger partial charge >= 0.3 is 0 Å². The highest BCUT2D eigenvalue weighted by Crippen LogP contribution is 2.42. The Kier molecular flexibility index (Phi) is 15.4. The van der Waals surface area contributed by atoms with Crippen LogP contribution in [-0.4, -0.2) is 98.7 Å². The second-order valence-electron chi connectivity index (χ2n) is 23.4. The van der Waals surface area contributed by atoms with Crippen LogP contribution in [0.2, 0.25) is 0 Å². The fourth-order valence-electron chi connectivity index (χ4n) is 12.6. The maximum absolute atomic E-state index is 17.7. The van der Waals surface area contributed by atoms with E-state index in [1.165, 1.54) is 23.5 Å². The second kappa shape index (κ2) is 21.6. The topological polar surface area (TPSA) is 176 Å². The summed E-state index contributed by atoms with van der Waals surface area (Å²) >= 11 is 2.93. The summed E-state index contributed by atoms with van der Waals surface area (Å²) in [6.07, 6.45) is 10.3. The SMILES string of the molecule is CSc1cc(C)[nH]c(=O)c1CNC(=O)c1c(C)n(CC2(C)CCC(NC3(C)COC3)CC2)c2ccc(Cc3c(C(=O)NCc4c(SC)cc(C)[nH]c4=O)c4ccccc4n3CC3(F)CCC(NC4(C)COC4)CC3)cc12. The summed E-state index contributed by atoms with van der Waals surface area (Å²) in [6.45, 7) is 16.0. The highest BCUT2D eigenvalue weighted by atomic mass is 32.2. The van der Waals surface area contributed by atoms with Crippen LogP contribution in [0.4, 0.5) is 4.39 Å². The van der Waals surface area contributed by atoms with Gasteiger partial charge in [-0.05, 0) is 140 Å². The third-order valence-electron chi connectivity index (χ3n) is 16.9. The molecule has 0 radical (unpaired) electrons. The summed E-state index contributed by atoms with van der Waals surface area (Å²) in [5, 5.41) is 15.3. The van der Waals surface area contributed by atoms with E-state index in [0.29, 0.717) is 84.8 Å². The molecule has 0 bridgehead atoms. The first kappa shape index (κ1) is 54.2. The average molecular weight is 1080 g/mol. The lowest BCUT2D eigenvalue weighted by molar-refractivity contribution is -0.0740. The maximum Gasteiger partial charge on any atom is 0.254 e. The van der Waals surface area contributed by atoms with Gasteiger partial charge in [-0.2, -0.15) is 0 Å². The van der Waals surface area contributed by atoms with E-state index in [4.69, 9.17) is 9.47 Å². The normalized spacial score (nSPS) is 23.1. The number of carbonyl (C=O) groups is 2. The number of alkyl halides is 1. The quantitative estimate of drug-likeness (QED) is 0.0456. The molecule has 17 heteroatoms. The van der Waals surface area contributed by atoms with E-state index in [1.54, 1.807) is 0 Å². The van der Waals surface area contributed by atoms with E-state index in [-0.39, 0.29) is 71.5 Å². The fraction of sp³-hybridized carbons (Fsp3) is 0.525. The van der Waals surface area contributed by atoms with E-state index < -0.39 is 5.67 Å². The minimum absolute atomic E-state index is 0.00348. The van der Waals surface area contributed by atoms with Gasteiger partial charge in [0, 0.05) is 104 Å². The van der Waals surface area contributed by atoms with Crippen molar-refractivity contribution in [2.24, 2.45) is 5.41 Å². The summed E-state index contributed by atoms with van der Waals surface area (Å²) < 4.78 is 33.0. The number of hydrogen-bond donors (Lipinski definition) is 6. The number of halogens is 1. The van der Waals surface area contributed by atoms with Gasteiger partial charge < -0.3 is 49.8 Å².